The zero-order chi connectivity index (χ0) is 7.41. The lowest BCUT2D eigenvalue weighted by atomic mass is 10.5. The molecule has 3 rings (SSSR count). The molecule has 7 heteroatoms. The molecule has 6 nitrogen and oxygen atoms in total. The average Bonchev–Trinajstić information content (AvgIpc) is 2.13. The number of hydrogen-bond donors (Lipinski definition) is 2. The molecule has 2 bridgehead atoms. The summed E-state index contributed by atoms with van der Waals surface area (Å²) in [5.74, 6) is -1.83. The molecule has 58 valence electrons. The zero-order valence-electron chi connectivity index (χ0n) is 5.10. The molecule has 3 fully saturated rings. The van der Waals surface area contributed by atoms with Crippen molar-refractivity contribution in [3.05, 3.63) is 0 Å². The van der Waals surface area contributed by atoms with Crippen LogP contribution in [0.1, 0.15) is 0 Å². The van der Waals surface area contributed by atoms with E-state index in [0.717, 1.165) is 0 Å². The molecule has 3 heterocycles. The Labute approximate surface area is 56.7 Å². The molecule has 10 heavy (non-hydrogen) atoms. The fourth-order valence-electron chi connectivity index (χ4n) is 0.897. The Bertz CT molecular complexity index is 207. The van der Waals surface area contributed by atoms with Gasteiger partial charge >= 0.3 is 13.8 Å². The minimum absolute atomic E-state index is 0.849. The van der Waals surface area contributed by atoms with Crippen LogP contribution < -0.4 is 5.32 Å². The fraction of sp³-hybridized carbons (Fsp3) is 1.00. The lowest BCUT2D eigenvalue weighted by molar-refractivity contribution is -0.327. The van der Waals surface area contributed by atoms with Crippen LogP contribution >= 0.6 is 7.82 Å². The Kier molecular flexibility index (Phi) is 1.08. The van der Waals surface area contributed by atoms with Crippen molar-refractivity contribution in [3.8, 4) is 0 Å². The number of aliphatic hydroxyl groups is 1. The van der Waals surface area contributed by atoms with Crippen molar-refractivity contribution in [2.24, 2.45) is 0 Å². The van der Waals surface area contributed by atoms with E-state index in [1.807, 2.05) is 0 Å². The smallest absolute Gasteiger partial charge is 0.339 e. The van der Waals surface area contributed by atoms with Crippen molar-refractivity contribution in [1.82, 2.24) is 5.32 Å². The second-order valence-electron chi connectivity index (χ2n) is 2.03. The van der Waals surface area contributed by atoms with Gasteiger partial charge in [-0.05, 0) is 7.05 Å². The first-order chi connectivity index (χ1) is 4.58. The number of phosphoric acid groups is 1. The molecule has 0 aliphatic carbocycles. The number of phosphoric ester groups is 1. The van der Waals surface area contributed by atoms with E-state index >= 15 is 0 Å². The number of likely N-dealkylation sites (N-methyl/N-ethyl adjacent to an activating group) is 1. The van der Waals surface area contributed by atoms with E-state index in [-0.39, 0.29) is 0 Å². The van der Waals surface area contributed by atoms with Gasteiger partial charge in [0.1, 0.15) is 0 Å². The summed E-state index contributed by atoms with van der Waals surface area (Å²) in [5.41, 5.74) is 0. The summed E-state index contributed by atoms with van der Waals surface area (Å²) in [6, 6.07) is 0. The molecule has 3 aliphatic rings. The topological polar surface area (TPSA) is 77.0 Å². The molecule has 0 aromatic carbocycles. The summed E-state index contributed by atoms with van der Waals surface area (Å²) in [4.78, 5) is 0. The third kappa shape index (κ3) is 0.633. The second kappa shape index (κ2) is 1.61. The molecule has 0 radical (unpaired) electrons. The number of fused-ring (bicyclic) bond motifs is 1. The van der Waals surface area contributed by atoms with Gasteiger partial charge in [0.05, 0.1) is 0 Å². The summed E-state index contributed by atoms with van der Waals surface area (Å²) >= 11 is 0. The highest BCUT2D eigenvalue weighted by Gasteiger charge is 2.71. The third-order valence-corrected chi connectivity index (χ3v) is 2.75. The van der Waals surface area contributed by atoms with Gasteiger partial charge in [-0.25, -0.2) is 13.6 Å². The second-order valence-corrected chi connectivity index (χ2v) is 3.51. The van der Waals surface area contributed by atoms with Gasteiger partial charge in [-0.3, -0.25) is 9.84 Å². The van der Waals surface area contributed by atoms with Crippen LogP contribution in [0.2, 0.25) is 0 Å². The number of rotatable bonds is 1. The first kappa shape index (κ1) is 6.72. The Morgan fingerprint density at radius 3 is 2.50 bits per heavy atom. The van der Waals surface area contributed by atoms with E-state index in [4.69, 9.17) is 5.11 Å². The maximum absolute atomic E-state index is 10.8. The van der Waals surface area contributed by atoms with Crippen molar-refractivity contribution in [1.29, 1.82) is 0 Å². The highest BCUT2D eigenvalue weighted by atomic mass is 31.2. The molecule has 0 aromatic rings. The van der Waals surface area contributed by atoms with Crippen LogP contribution in [0.5, 0.6) is 0 Å². The predicted octanol–water partition coefficient (Wildman–Crippen LogP) is -0.637. The minimum atomic E-state index is -3.35. The molecule has 0 amide bonds. The fourth-order valence-corrected chi connectivity index (χ4v) is 2.33. The van der Waals surface area contributed by atoms with Crippen LogP contribution in [-0.4, -0.2) is 24.4 Å². The van der Waals surface area contributed by atoms with Gasteiger partial charge in [0.2, 0.25) is 6.23 Å². The Morgan fingerprint density at radius 2 is 2.30 bits per heavy atom. The lowest BCUT2D eigenvalue weighted by Crippen LogP contribution is -2.49. The van der Waals surface area contributed by atoms with E-state index in [1.54, 1.807) is 0 Å². The maximum Gasteiger partial charge on any atom is 0.485 e. The summed E-state index contributed by atoms with van der Waals surface area (Å²) in [6.07, 6.45) is -0.849. The molecular weight excluding hydrogens is 161 g/mol. The molecule has 0 saturated carbocycles. The molecule has 0 aromatic heterocycles. The average molecular weight is 167 g/mol. The molecule has 2 N–H and O–H groups in total. The summed E-state index contributed by atoms with van der Waals surface area (Å²) in [6.45, 7) is 0. The Balaban J connectivity index is 2.24. The van der Waals surface area contributed by atoms with Crippen LogP contribution in [0, 0.1) is 0 Å². The quantitative estimate of drug-likeness (QED) is 0.506. The van der Waals surface area contributed by atoms with Crippen molar-refractivity contribution in [3.63, 3.8) is 0 Å². The van der Waals surface area contributed by atoms with Crippen molar-refractivity contribution in [2.45, 2.75) is 12.2 Å². The van der Waals surface area contributed by atoms with E-state index < -0.39 is 20.0 Å². The SMILES string of the molecule is CNC1OP2(=O)OC1(O)O2. The van der Waals surface area contributed by atoms with Crippen LogP contribution in [0.25, 0.3) is 0 Å². The van der Waals surface area contributed by atoms with Crippen molar-refractivity contribution in [2.75, 3.05) is 7.05 Å². The van der Waals surface area contributed by atoms with E-state index in [9.17, 15) is 4.57 Å². The first-order valence-electron chi connectivity index (χ1n) is 2.68. The third-order valence-electron chi connectivity index (χ3n) is 1.31. The van der Waals surface area contributed by atoms with E-state index in [2.05, 4.69) is 18.9 Å². The van der Waals surface area contributed by atoms with Gasteiger partial charge in [-0.1, -0.05) is 0 Å². The number of nitrogens with one attached hydrogen (secondary N) is 1. The molecule has 3 saturated heterocycles. The summed E-state index contributed by atoms with van der Waals surface area (Å²) in [5, 5.41) is 11.6. The zero-order valence-corrected chi connectivity index (χ0v) is 6.00. The standard InChI is InChI=1S/C3H6NO5P/c1-4-2-3(5)8-10(6,7-2)9-3/h2,4-5H,1H3. The van der Waals surface area contributed by atoms with Crippen LogP contribution in [0.4, 0.5) is 0 Å². The molecule has 3 aliphatic heterocycles. The predicted molar refractivity (Wildman–Crippen MR) is 28.7 cm³/mol. The van der Waals surface area contributed by atoms with Crippen LogP contribution in [-0.2, 0) is 18.1 Å². The monoisotopic (exact) mass is 167 g/mol. The number of hydrogen-bond acceptors (Lipinski definition) is 6. The molecule has 1 unspecified atom stereocenters. The van der Waals surface area contributed by atoms with E-state index in [1.165, 1.54) is 7.05 Å². The van der Waals surface area contributed by atoms with Crippen molar-refractivity contribution < 1.29 is 23.2 Å². The first-order valence-corrected chi connectivity index (χ1v) is 4.14. The van der Waals surface area contributed by atoms with Gasteiger partial charge < -0.3 is 5.11 Å². The summed E-state index contributed by atoms with van der Waals surface area (Å²) < 4.78 is 24.3. The lowest BCUT2D eigenvalue weighted by Gasteiger charge is -2.29. The minimum Gasteiger partial charge on any atom is -0.339 e. The molecule has 1 atom stereocenters. The molecular formula is C3H6NO5P. The summed E-state index contributed by atoms with van der Waals surface area (Å²) in [7, 11) is -1.82. The van der Waals surface area contributed by atoms with Crippen LogP contribution in [0.3, 0.4) is 0 Å². The maximum atomic E-state index is 10.8. The van der Waals surface area contributed by atoms with Gasteiger partial charge in [0.25, 0.3) is 0 Å². The van der Waals surface area contributed by atoms with Gasteiger partial charge in [-0.2, -0.15) is 0 Å². The normalized spacial score (nSPS) is 58.4. The van der Waals surface area contributed by atoms with Gasteiger partial charge in [-0.15, -0.1) is 0 Å². The molecule has 0 spiro atoms. The van der Waals surface area contributed by atoms with Crippen molar-refractivity contribution >= 4 is 7.82 Å². The largest absolute Gasteiger partial charge is 0.485 e. The van der Waals surface area contributed by atoms with Gasteiger partial charge in [0, 0.05) is 0 Å². The Morgan fingerprint density at radius 1 is 1.70 bits per heavy atom. The van der Waals surface area contributed by atoms with Crippen LogP contribution in [0.15, 0.2) is 0 Å². The highest BCUT2D eigenvalue weighted by Crippen LogP contribution is 2.72. The van der Waals surface area contributed by atoms with Gasteiger partial charge in [0.15, 0.2) is 0 Å². The van der Waals surface area contributed by atoms with E-state index in [0.29, 0.717) is 0 Å². The Hall–Kier alpha value is 0.0300. The highest BCUT2D eigenvalue weighted by molar-refractivity contribution is 7.50.